The normalized spacial score (nSPS) is 19.2. The first kappa shape index (κ1) is 21.1. The van der Waals surface area contributed by atoms with Gasteiger partial charge in [0.05, 0.1) is 12.2 Å². The van der Waals surface area contributed by atoms with E-state index in [4.69, 9.17) is 9.15 Å². The van der Waals surface area contributed by atoms with Gasteiger partial charge < -0.3 is 19.8 Å². The maximum atomic E-state index is 5.72. The lowest BCUT2D eigenvalue weighted by Crippen LogP contribution is -2.43. The molecule has 1 aliphatic carbocycles. The number of likely N-dealkylation sites (tertiary alicyclic amines) is 1. The van der Waals surface area contributed by atoms with Crippen LogP contribution in [0, 0.1) is 25.7 Å². The highest BCUT2D eigenvalue weighted by atomic mass is 16.5. The summed E-state index contributed by atoms with van der Waals surface area (Å²) in [5.74, 6) is 4.21. The van der Waals surface area contributed by atoms with Crippen LogP contribution in [0.1, 0.15) is 49.4 Å². The van der Waals surface area contributed by atoms with Crippen molar-refractivity contribution in [3.63, 3.8) is 0 Å². The van der Waals surface area contributed by atoms with Crippen LogP contribution in [0.5, 0.6) is 0 Å². The van der Waals surface area contributed by atoms with E-state index in [1.165, 1.54) is 25.7 Å². The molecule has 0 amide bonds. The summed E-state index contributed by atoms with van der Waals surface area (Å²) in [6.07, 6.45) is 6.11. The fourth-order valence-electron chi connectivity index (χ4n) is 3.52. The summed E-state index contributed by atoms with van der Waals surface area (Å²) >= 11 is 0. The molecule has 1 aliphatic heterocycles. The van der Waals surface area contributed by atoms with E-state index in [1.54, 1.807) is 0 Å². The van der Waals surface area contributed by atoms with Gasteiger partial charge in [0.1, 0.15) is 5.76 Å². The molecule has 1 saturated carbocycles. The number of guanidine groups is 1. The summed E-state index contributed by atoms with van der Waals surface area (Å²) in [4.78, 5) is 11.3. The summed E-state index contributed by atoms with van der Waals surface area (Å²) in [6.45, 7) is 10.6. The van der Waals surface area contributed by atoms with Crippen LogP contribution < -0.4 is 10.6 Å². The van der Waals surface area contributed by atoms with Crippen molar-refractivity contribution >= 4 is 5.96 Å². The Kier molecular flexibility index (Phi) is 8.15. The number of aromatic nitrogens is 1. The summed E-state index contributed by atoms with van der Waals surface area (Å²) in [7, 11) is 1.84. The second-order valence-corrected chi connectivity index (χ2v) is 8.22. The van der Waals surface area contributed by atoms with Crippen molar-refractivity contribution in [2.45, 2.75) is 52.5 Å². The van der Waals surface area contributed by atoms with Crippen molar-refractivity contribution in [3.05, 3.63) is 17.3 Å². The van der Waals surface area contributed by atoms with E-state index in [9.17, 15) is 0 Å². The Morgan fingerprint density at radius 3 is 2.61 bits per heavy atom. The Morgan fingerprint density at radius 1 is 1.18 bits per heavy atom. The third-order valence-electron chi connectivity index (χ3n) is 5.73. The highest BCUT2D eigenvalue weighted by Crippen LogP contribution is 2.28. The van der Waals surface area contributed by atoms with Gasteiger partial charge in [-0.2, -0.15) is 0 Å². The zero-order chi connectivity index (χ0) is 19.8. The Hall–Kier alpha value is -1.60. The van der Waals surface area contributed by atoms with Crippen molar-refractivity contribution in [1.82, 2.24) is 20.5 Å². The predicted molar refractivity (Wildman–Crippen MR) is 112 cm³/mol. The third-order valence-corrected chi connectivity index (χ3v) is 5.73. The minimum absolute atomic E-state index is 0.685. The minimum Gasteiger partial charge on any atom is -0.444 e. The smallest absolute Gasteiger partial charge is 0.208 e. The first-order chi connectivity index (χ1) is 13.6. The highest BCUT2D eigenvalue weighted by molar-refractivity contribution is 5.79. The summed E-state index contributed by atoms with van der Waals surface area (Å²) in [5.41, 5.74) is 1.00. The van der Waals surface area contributed by atoms with Gasteiger partial charge in [-0.05, 0) is 70.9 Å². The zero-order valence-electron chi connectivity index (χ0n) is 17.8. The molecule has 28 heavy (non-hydrogen) atoms. The van der Waals surface area contributed by atoms with Gasteiger partial charge in [0.25, 0.3) is 0 Å². The van der Waals surface area contributed by atoms with Gasteiger partial charge in [0, 0.05) is 33.4 Å². The van der Waals surface area contributed by atoms with Gasteiger partial charge in [-0.1, -0.05) is 0 Å². The van der Waals surface area contributed by atoms with Gasteiger partial charge in [0.2, 0.25) is 5.89 Å². The molecule has 2 aliphatic rings. The van der Waals surface area contributed by atoms with Crippen molar-refractivity contribution in [3.8, 4) is 0 Å². The molecule has 0 atom stereocenters. The van der Waals surface area contributed by atoms with Crippen LogP contribution in [0.2, 0.25) is 0 Å². The number of aryl methyl sites for hydroxylation is 2. The van der Waals surface area contributed by atoms with Gasteiger partial charge in [0.15, 0.2) is 5.96 Å². The molecule has 7 nitrogen and oxygen atoms in total. The molecule has 0 unspecified atom stereocenters. The van der Waals surface area contributed by atoms with E-state index < -0.39 is 0 Å². The lowest BCUT2D eigenvalue weighted by Gasteiger charge is -2.31. The maximum Gasteiger partial charge on any atom is 0.208 e. The van der Waals surface area contributed by atoms with Crippen LogP contribution in [0.15, 0.2) is 9.41 Å². The summed E-state index contributed by atoms with van der Waals surface area (Å²) in [5, 5.41) is 6.87. The molecule has 1 aromatic rings. The third kappa shape index (κ3) is 7.09. The van der Waals surface area contributed by atoms with Gasteiger partial charge in [-0.15, -0.1) is 0 Å². The fraction of sp³-hybridized carbons (Fsp3) is 0.810. The lowest BCUT2D eigenvalue weighted by molar-refractivity contribution is 0.123. The van der Waals surface area contributed by atoms with Crippen LogP contribution in [-0.2, 0) is 11.3 Å². The maximum absolute atomic E-state index is 5.72. The van der Waals surface area contributed by atoms with Crippen LogP contribution >= 0.6 is 0 Å². The average Bonchev–Trinajstić information content (AvgIpc) is 3.46. The summed E-state index contributed by atoms with van der Waals surface area (Å²) in [6, 6.07) is 0. The Bertz CT molecular complexity index is 599. The van der Waals surface area contributed by atoms with E-state index in [-0.39, 0.29) is 0 Å². The standard InChI is InChI=1S/C21H37N5O2/c1-16-17(2)28-20(25-16)14-26-10-7-18(8-11-26)13-24-21(22-3)23-9-4-12-27-15-19-5-6-19/h18-19H,4-15H2,1-3H3,(H2,22,23,24). The SMILES string of the molecule is CN=C(NCCCOCC1CC1)NCC1CCN(Cc2nc(C)c(C)o2)CC1. The Morgan fingerprint density at radius 2 is 1.96 bits per heavy atom. The molecule has 1 saturated heterocycles. The number of ether oxygens (including phenoxy) is 1. The number of rotatable bonds is 10. The number of oxazole rings is 1. The largest absolute Gasteiger partial charge is 0.444 e. The Labute approximate surface area is 169 Å². The quantitative estimate of drug-likeness (QED) is 0.363. The average molecular weight is 392 g/mol. The fourth-order valence-corrected chi connectivity index (χ4v) is 3.52. The predicted octanol–water partition coefficient (Wildman–Crippen LogP) is 2.49. The molecule has 1 aromatic heterocycles. The van der Waals surface area contributed by atoms with Crippen LogP contribution in [0.25, 0.3) is 0 Å². The van der Waals surface area contributed by atoms with E-state index in [0.717, 1.165) is 81.6 Å². The van der Waals surface area contributed by atoms with E-state index >= 15 is 0 Å². The molecule has 0 spiro atoms. The number of nitrogens with zero attached hydrogens (tertiary/aromatic N) is 3. The topological polar surface area (TPSA) is 74.9 Å². The van der Waals surface area contributed by atoms with Gasteiger partial charge >= 0.3 is 0 Å². The second-order valence-electron chi connectivity index (χ2n) is 8.22. The molecule has 158 valence electrons. The highest BCUT2D eigenvalue weighted by Gasteiger charge is 2.22. The van der Waals surface area contributed by atoms with Gasteiger partial charge in [-0.3, -0.25) is 9.89 Å². The first-order valence-corrected chi connectivity index (χ1v) is 10.8. The zero-order valence-corrected chi connectivity index (χ0v) is 17.8. The van der Waals surface area contributed by atoms with Crippen LogP contribution in [-0.4, -0.2) is 62.3 Å². The van der Waals surface area contributed by atoms with Crippen molar-refractivity contribution in [2.75, 3.05) is 46.4 Å². The van der Waals surface area contributed by atoms with Crippen molar-refractivity contribution in [1.29, 1.82) is 0 Å². The molecule has 7 heteroatoms. The molecule has 2 N–H and O–H groups in total. The van der Waals surface area contributed by atoms with E-state index in [0.29, 0.717) is 5.92 Å². The minimum atomic E-state index is 0.685. The van der Waals surface area contributed by atoms with Crippen molar-refractivity contribution in [2.24, 2.45) is 16.8 Å². The second kappa shape index (κ2) is 10.8. The van der Waals surface area contributed by atoms with E-state index in [1.807, 2.05) is 20.9 Å². The Balaban J connectivity index is 1.25. The van der Waals surface area contributed by atoms with Crippen LogP contribution in [0.4, 0.5) is 0 Å². The summed E-state index contributed by atoms with van der Waals surface area (Å²) < 4.78 is 11.4. The molecular formula is C21H37N5O2. The number of piperidine rings is 1. The molecule has 2 heterocycles. The van der Waals surface area contributed by atoms with E-state index in [2.05, 4.69) is 25.5 Å². The lowest BCUT2D eigenvalue weighted by atomic mass is 9.97. The van der Waals surface area contributed by atoms with Crippen LogP contribution in [0.3, 0.4) is 0 Å². The molecule has 0 aromatic carbocycles. The number of nitrogens with one attached hydrogen (secondary N) is 2. The molecule has 0 radical (unpaired) electrons. The molecule has 0 bridgehead atoms. The number of hydrogen-bond donors (Lipinski definition) is 2. The monoisotopic (exact) mass is 391 g/mol. The van der Waals surface area contributed by atoms with Gasteiger partial charge in [-0.25, -0.2) is 4.98 Å². The first-order valence-electron chi connectivity index (χ1n) is 10.8. The number of aliphatic imine (C=N–C) groups is 1. The molecular weight excluding hydrogens is 354 g/mol. The molecule has 3 rings (SSSR count). The molecule has 2 fully saturated rings. The number of hydrogen-bond acceptors (Lipinski definition) is 5. The van der Waals surface area contributed by atoms with Crippen molar-refractivity contribution < 1.29 is 9.15 Å².